The van der Waals surface area contributed by atoms with Gasteiger partial charge < -0.3 is 30.6 Å². The number of anilines is 2. The zero-order valence-corrected chi connectivity index (χ0v) is 24.9. The number of hydrogen-bond acceptors (Lipinski definition) is 6. The first kappa shape index (κ1) is 29.1. The van der Waals surface area contributed by atoms with Crippen molar-refractivity contribution in [3.05, 3.63) is 119 Å². The summed E-state index contributed by atoms with van der Waals surface area (Å²) in [6.07, 6.45) is 2.76. The Hall–Kier alpha value is -5.64. The number of para-hydroxylation sites is 4. The summed E-state index contributed by atoms with van der Waals surface area (Å²) in [5.41, 5.74) is 1.50. The summed E-state index contributed by atoms with van der Waals surface area (Å²) < 4.78 is 0. The van der Waals surface area contributed by atoms with Gasteiger partial charge in [-0.3, -0.25) is 19.2 Å². The number of nitrogens with zero attached hydrogens (tertiary/aromatic N) is 2. The van der Waals surface area contributed by atoms with Crippen molar-refractivity contribution < 1.29 is 29.4 Å². The molecule has 4 aliphatic rings. The van der Waals surface area contributed by atoms with Crippen LogP contribution in [0.2, 0.25) is 0 Å². The average Bonchev–Trinajstić information content (AvgIpc) is 3.82. The molecule has 4 heterocycles. The fourth-order valence-electron chi connectivity index (χ4n) is 7.43. The molecule has 8 rings (SSSR count). The van der Waals surface area contributed by atoms with E-state index < -0.39 is 11.1 Å². The maximum atomic E-state index is 13.1. The predicted molar refractivity (Wildman–Crippen MR) is 170 cm³/mol. The minimum absolute atomic E-state index is 0.0133. The van der Waals surface area contributed by atoms with Crippen LogP contribution in [0.3, 0.4) is 0 Å². The molecule has 0 aromatic heterocycles. The Labute approximate surface area is 265 Å². The molecular formula is C36H32N4O6. The molecule has 4 aromatic carbocycles. The maximum absolute atomic E-state index is 13.1. The molecule has 4 aliphatic heterocycles. The Bertz CT molecular complexity index is 1770. The molecule has 4 N–H and O–H groups in total. The zero-order valence-electron chi connectivity index (χ0n) is 24.9. The first-order chi connectivity index (χ1) is 22.3. The second-order valence-corrected chi connectivity index (χ2v) is 11.9. The highest BCUT2D eigenvalue weighted by molar-refractivity contribution is 6.12. The molecule has 10 heteroatoms. The minimum atomic E-state index is -0.962. The Kier molecular flexibility index (Phi) is 7.00. The van der Waals surface area contributed by atoms with Gasteiger partial charge in [-0.1, -0.05) is 60.7 Å². The van der Waals surface area contributed by atoms with Crippen molar-refractivity contribution in [2.24, 2.45) is 0 Å². The van der Waals surface area contributed by atoms with Gasteiger partial charge in [0.1, 0.15) is 22.6 Å². The number of phenolic OH excluding ortho intramolecular Hbond substituents is 2. The fourth-order valence-corrected chi connectivity index (χ4v) is 7.43. The fraction of sp³-hybridized carbons (Fsp3) is 0.222. The van der Waals surface area contributed by atoms with Crippen molar-refractivity contribution in [2.45, 2.75) is 36.8 Å². The molecule has 0 spiro atoms. The third kappa shape index (κ3) is 4.24. The van der Waals surface area contributed by atoms with Gasteiger partial charge in [0.2, 0.25) is 0 Å². The number of nitrogens with one attached hydrogen (secondary N) is 2. The van der Waals surface area contributed by atoms with Crippen molar-refractivity contribution in [2.75, 3.05) is 23.7 Å². The van der Waals surface area contributed by atoms with Crippen LogP contribution in [0.15, 0.2) is 97.1 Å². The largest absolute Gasteiger partial charge is 0.506 e. The van der Waals surface area contributed by atoms with E-state index in [0.29, 0.717) is 48.4 Å². The van der Waals surface area contributed by atoms with Crippen molar-refractivity contribution >= 4 is 35.0 Å². The van der Waals surface area contributed by atoms with E-state index in [1.54, 1.807) is 58.3 Å². The lowest BCUT2D eigenvalue weighted by Gasteiger charge is -2.31. The van der Waals surface area contributed by atoms with Crippen LogP contribution in [-0.2, 0) is 20.7 Å². The van der Waals surface area contributed by atoms with E-state index in [1.807, 2.05) is 36.4 Å². The molecule has 2 atom stereocenters. The number of phenols is 2. The summed E-state index contributed by atoms with van der Waals surface area (Å²) >= 11 is 0. The molecule has 0 unspecified atom stereocenters. The average molecular weight is 617 g/mol. The SMILES string of the molecule is O=C1c2ccccc2[C@@]2(C(=O)Nc3ccccc3O)CCCN12.O=C1c2ccccc2[C@]2(C(=O)Nc3ccccc3O)CCCN12. The third-order valence-corrected chi connectivity index (χ3v) is 9.51. The quantitative estimate of drug-likeness (QED) is 0.239. The molecule has 0 saturated carbocycles. The molecule has 2 fully saturated rings. The number of rotatable bonds is 4. The summed E-state index contributed by atoms with van der Waals surface area (Å²) in [5, 5.41) is 25.4. The summed E-state index contributed by atoms with van der Waals surface area (Å²) in [6, 6.07) is 27.8. The highest BCUT2D eigenvalue weighted by Gasteiger charge is 2.58. The molecule has 10 nitrogen and oxygen atoms in total. The van der Waals surface area contributed by atoms with Gasteiger partial charge in [-0.15, -0.1) is 0 Å². The van der Waals surface area contributed by atoms with Crippen molar-refractivity contribution in [3.63, 3.8) is 0 Å². The third-order valence-electron chi connectivity index (χ3n) is 9.51. The summed E-state index contributed by atoms with van der Waals surface area (Å²) in [6.45, 7) is 1.14. The normalized spacial score (nSPS) is 21.9. The molecule has 4 amide bonds. The Morgan fingerprint density at radius 1 is 0.565 bits per heavy atom. The number of amides is 4. The lowest BCUT2D eigenvalue weighted by atomic mass is 9.87. The smallest absolute Gasteiger partial charge is 0.255 e. The molecule has 2 saturated heterocycles. The maximum Gasteiger partial charge on any atom is 0.255 e. The van der Waals surface area contributed by atoms with Crippen molar-refractivity contribution in [3.8, 4) is 11.5 Å². The van der Waals surface area contributed by atoms with E-state index in [2.05, 4.69) is 10.6 Å². The van der Waals surface area contributed by atoms with Crippen LogP contribution in [0.4, 0.5) is 11.4 Å². The van der Waals surface area contributed by atoms with Crippen LogP contribution in [-0.4, -0.2) is 56.7 Å². The standard InChI is InChI=1S/2C18H16N2O3/c2*21-15-9-4-3-8-14(15)19-17(23)18-10-5-11-20(18)16(22)12-6-1-2-7-13(12)18/h2*1-4,6-9,21H,5,10-11H2,(H,19,23)/t2*18-/m10/s1. The van der Waals surface area contributed by atoms with Crippen molar-refractivity contribution in [1.82, 2.24) is 9.80 Å². The van der Waals surface area contributed by atoms with E-state index >= 15 is 0 Å². The number of carbonyl (C=O) groups excluding carboxylic acids is 4. The van der Waals surface area contributed by atoms with E-state index in [0.717, 1.165) is 24.0 Å². The first-order valence-corrected chi connectivity index (χ1v) is 15.3. The van der Waals surface area contributed by atoms with Gasteiger partial charge in [-0.25, -0.2) is 0 Å². The molecule has 46 heavy (non-hydrogen) atoms. The van der Waals surface area contributed by atoms with Gasteiger partial charge >= 0.3 is 0 Å². The van der Waals surface area contributed by atoms with Gasteiger partial charge in [-0.2, -0.15) is 0 Å². The van der Waals surface area contributed by atoms with E-state index in [4.69, 9.17) is 0 Å². The van der Waals surface area contributed by atoms with Crippen LogP contribution in [0, 0.1) is 0 Å². The number of fused-ring (bicyclic) bond motifs is 6. The predicted octanol–water partition coefficient (Wildman–Crippen LogP) is 4.95. The Morgan fingerprint density at radius 2 is 0.935 bits per heavy atom. The Balaban J connectivity index is 0.000000147. The molecule has 0 bridgehead atoms. The summed E-state index contributed by atoms with van der Waals surface area (Å²) in [4.78, 5) is 54.7. The number of hydrogen-bond donors (Lipinski definition) is 4. The zero-order chi connectivity index (χ0) is 32.1. The second-order valence-electron chi connectivity index (χ2n) is 11.9. The highest BCUT2D eigenvalue weighted by atomic mass is 16.3. The van der Waals surface area contributed by atoms with Gasteiger partial charge in [0.15, 0.2) is 0 Å². The lowest BCUT2D eigenvalue weighted by molar-refractivity contribution is -0.126. The molecule has 232 valence electrons. The van der Waals surface area contributed by atoms with Crippen LogP contribution in [0.25, 0.3) is 0 Å². The number of benzene rings is 4. The number of carbonyl (C=O) groups is 4. The van der Waals surface area contributed by atoms with Crippen LogP contribution in [0.1, 0.15) is 57.5 Å². The minimum Gasteiger partial charge on any atom is -0.506 e. The van der Waals surface area contributed by atoms with Gasteiger partial charge in [-0.05, 0) is 73.2 Å². The number of aromatic hydroxyl groups is 2. The summed E-state index contributed by atoms with van der Waals surface area (Å²) in [7, 11) is 0. The van der Waals surface area contributed by atoms with Crippen molar-refractivity contribution in [1.29, 1.82) is 0 Å². The Morgan fingerprint density at radius 3 is 1.35 bits per heavy atom. The van der Waals surface area contributed by atoms with Crippen LogP contribution >= 0.6 is 0 Å². The molecule has 0 aliphatic carbocycles. The van der Waals surface area contributed by atoms with Gasteiger partial charge in [0, 0.05) is 24.2 Å². The second kappa shape index (κ2) is 11.1. The highest BCUT2D eigenvalue weighted by Crippen LogP contribution is 2.48. The van der Waals surface area contributed by atoms with Gasteiger partial charge in [0.05, 0.1) is 11.4 Å². The topological polar surface area (TPSA) is 139 Å². The monoisotopic (exact) mass is 616 g/mol. The summed E-state index contributed by atoms with van der Waals surface area (Å²) in [5.74, 6) is -0.695. The van der Waals surface area contributed by atoms with E-state index in [9.17, 15) is 29.4 Å². The van der Waals surface area contributed by atoms with E-state index in [-0.39, 0.29) is 35.1 Å². The molecule has 4 aromatic rings. The first-order valence-electron chi connectivity index (χ1n) is 15.3. The van der Waals surface area contributed by atoms with Crippen LogP contribution < -0.4 is 10.6 Å². The molecular weight excluding hydrogens is 584 g/mol. The lowest BCUT2D eigenvalue weighted by Crippen LogP contribution is -2.48. The molecule has 0 radical (unpaired) electrons. The van der Waals surface area contributed by atoms with Crippen LogP contribution in [0.5, 0.6) is 11.5 Å². The van der Waals surface area contributed by atoms with Gasteiger partial charge in [0.25, 0.3) is 23.6 Å². The van der Waals surface area contributed by atoms with E-state index in [1.165, 1.54) is 12.1 Å².